The Morgan fingerprint density at radius 1 is 0.400 bits per heavy atom. The van der Waals surface area contributed by atoms with Gasteiger partial charge in [-0.1, -0.05) is 103 Å². The number of hydrogen-bond acceptors (Lipinski definition) is 0. The van der Waals surface area contributed by atoms with E-state index in [4.69, 9.17) is 0 Å². The molecule has 0 unspecified atom stereocenters. The van der Waals surface area contributed by atoms with Gasteiger partial charge in [0, 0.05) is 0 Å². The zero-order valence-corrected chi connectivity index (χ0v) is 14.3. The first-order valence-corrected chi connectivity index (χ1v) is 8.64. The molecule has 0 aliphatic heterocycles. The smallest absolute Gasteiger partial charge is 0.0103 e. The maximum Gasteiger partial charge on any atom is -0.0103 e. The van der Waals surface area contributed by atoms with Crippen LogP contribution in [-0.2, 0) is 0 Å². The van der Waals surface area contributed by atoms with Gasteiger partial charge >= 0.3 is 0 Å². The fraction of sp³-hybridized carbons (Fsp3) is 0.0400. The Hall–Kier alpha value is -3.12. The molecule has 4 aromatic carbocycles. The summed E-state index contributed by atoms with van der Waals surface area (Å²) in [5.41, 5.74) is 8.92. The summed E-state index contributed by atoms with van der Waals surface area (Å²) in [6, 6.07) is 36.5. The van der Waals surface area contributed by atoms with Crippen molar-refractivity contribution in [2.24, 2.45) is 0 Å². The number of aryl methyl sites for hydroxylation is 1. The van der Waals surface area contributed by atoms with Crippen LogP contribution in [0.15, 0.2) is 103 Å². The van der Waals surface area contributed by atoms with E-state index in [-0.39, 0.29) is 0 Å². The van der Waals surface area contributed by atoms with Gasteiger partial charge in [-0.15, -0.1) is 0 Å². The largest absolute Gasteiger partial charge is 0.0622 e. The first-order chi connectivity index (χ1) is 12.3. The zero-order chi connectivity index (χ0) is 17.1. The third-order valence-electron chi connectivity index (χ3n) is 4.64. The van der Waals surface area contributed by atoms with Gasteiger partial charge in [-0.2, -0.15) is 0 Å². The standard InChI is InChI=1S/C25H20/c1-19-18-22(20-10-4-2-5-11-20)16-17-23(19)25-15-9-8-14-24(25)21-12-6-3-7-13-21/h2-18H,1H3. The van der Waals surface area contributed by atoms with Crippen LogP contribution < -0.4 is 0 Å². The van der Waals surface area contributed by atoms with Crippen molar-refractivity contribution in [3.8, 4) is 33.4 Å². The molecule has 0 saturated carbocycles. The summed E-state index contributed by atoms with van der Waals surface area (Å²) in [6.07, 6.45) is 0. The highest BCUT2D eigenvalue weighted by molar-refractivity contribution is 5.85. The molecular weight excluding hydrogens is 300 g/mol. The van der Waals surface area contributed by atoms with Crippen molar-refractivity contribution >= 4 is 0 Å². The molecule has 0 bridgehead atoms. The summed E-state index contributed by atoms with van der Waals surface area (Å²) in [4.78, 5) is 0. The number of hydrogen-bond donors (Lipinski definition) is 0. The molecule has 0 heterocycles. The lowest BCUT2D eigenvalue weighted by Gasteiger charge is -2.14. The lowest BCUT2D eigenvalue weighted by molar-refractivity contribution is 1.45. The molecule has 4 rings (SSSR count). The van der Waals surface area contributed by atoms with Gasteiger partial charge in [0.15, 0.2) is 0 Å². The van der Waals surface area contributed by atoms with Crippen LogP contribution in [0.4, 0.5) is 0 Å². The van der Waals surface area contributed by atoms with Crippen molar-refractivity contribution in [3.05, 3.63) is 109 Å². The minimum atomic E-state index is 1.25. The maximum atomic E-state index is 2.28. The Morgan fingerprint density at radius 3 is 1.60 bits per heavy atom. The Bertz CT molecular complexity index is 983. The van der Waals surface area contributed by atoms with Gasteiger partial charge in [-0.25, -0.2) is 0 Å². The molecule has 0 saturated heterocycles. The molecule has 0 N–H and O–H groups in total. The van der Waals surface area contributed by atoms with Crippen LogP contribution in [0.1, 0.15) is 5.56 Å². The third-order valence-corrected chi connectivity index (χ3v) is 4.64. The van der Waals surface area contributed by atoms with Crippen LogP contribution in [-0.4, -0.2) is 0 Å². The Kier molecular flexibility index (Phi) is 4.18. The summed E-state index contributed by atoms with van der Waals surface area (Å²) in [7, 11) is 0. The van der Waals surface area contributed by atoms with Gasteiger partial charge in [-0.05, 0) is 45.9 Å². The molecule has 0 amide bonds. The van der Waals surface area contributed by atoms with E-state index in [1.165, 1.54) is 38.9 Å². The number of rotatable bonds is 3. The molecule has 0 aromatic heterocycles. The normalized spacial score (nSPS) is 10.6. The average molecular weight is 320 g/mol. The minimum absolute atomic E-state index is 1.25. The Labute approximate surface area is 149 Å². The molecule has 0 heteroatoms. The van der Waals surface area contributed by atoms with Crippen LogP contribution in [0.2, 0.25) is 0 Å². The predicted octanol–water partition coefficient (Wildman–Crippen LogP) is 7.00. The van der Waals surface area contributed by atoms with E-state index in [0.29, 0.717) is 0 Å². The van der Waals surface area contributed by atoms with E-state index in [1.807, 2.05) is 0 Å². The van der Waals surface area contributed by atoms with E-state index in [0.717, 1.165) is 0 Å². The fourth-order valence-corrected chi connectivity index (χ4v) is 3.36. The van der Waals surface area contributed by atoms with E-state index < -0.39 is 0 Å². The van der Waals surface area contributed by atoms with Gasteiger partial charge in [0.2, 0.25) is 0 Å². The Balaban J connectivity index is 1.82. The van der Waals surface area contributed by atoms with Gasteiger partial charge < -0.3 is 0 Å². The quantitative estimate of drug-likeness (QED) is 0.381. The predicted molar refractivity (Wildman–Crippen MR) is 107 cm³/mol. The number of benzene rings is 4. The molecule has 0 nitrogen and oxygen atoms in total. The van der Waals surface area contributed by atoms with E-state index >= 15 is 0 Å². The first-order valence-electron chi connectivity index (χ1n) is 8.64. The molecule has 4 aromatic rings. The van der Waals surface area contributed by atoms with Crippen LogP contribution in [0.5, 0.6) is 0 Å². The van der Waals surface area contributed by atoms with Crippen LogP contribution in [0, 0.1) is 6.92 Å². The van der Waals surface area contributed by atoms with Crippen molar-refractivity contribution < 1.29 is 0 Å². The molecule has 25 heavy (non-hydrogen) atoms. The van der Waals surface area contributed by atoms with Crippen molar-refractivity contribution in [2.75, 3.05) is 0 Å². The second kappa shape index (κ2) is 6.78. The molecular formula is C25H20. The molecule has 0 atom stereocenters. The lowest BCUT2D eigenvalue weighted by atomic mass is 9.90. The van der Waals surface area contributed by atoms with Crippen molar-refractivity contribution in [2.45, 2.75) is 6.92 Å². The van der Waals surface area contributed by atoms with Gasteiger partial charge in [-0.3, -0.25) is 0 Å². The summed E-state index contributed by atoms with van der Waals surface area (Å²) in [5, 5.41) is 0. The zero-order valence-electron chi connectivity index (χ0n) is 14.3. The second-order valence-electron chi connectivity index (χ2n) is 6.31. The lowest BCUT2D eigenvalue weighted by Crippen LogP contribution is -1.89. The fourth-order valence-electron chi connectivity index (χ4n) is 3.36. The highest BCUT2D eigenvalue weighted by Crippen LogP contribution is 2.35. The first kappa shape index (κ1) is 15.4. The van der Waals surface area contributed by atoms with Gasteiger partial charge in [0.05, 0.1) is 0 Å². The molecule has 0 radical (unpaired) electrons. The molecule has 0 spiro atoms. The topological polar surface area (TPSA) is 0 Å². The average Bonchev–Trinajstić information content (AvgIpc) is 2.69. The van der Waals surface area contributed by atoms with Crippen molar-refractivity contribution in [1.82, 2.24) is 0 Å². The molecule has 120 valence electrons. The SMILES string of the molecule is Cc1cc(-c2ccccc2)ccc1-c1ccccc1-c1ccccc1. The third kappa shape index (κ3) is 3.12. The summed E-state index contributed by atoms with van der Waals surface area (Å²) in [6.45, 7) is 2.20. The summed E-state index contributed by atoms with van der Waals surface area (Å²) < 4.78 is 0. The molecule has 0 aliphatic rings. The van der Waals surface area contributed by atoms with E-state index in [2.05, 4.69) is 110 Å². The molecule has 0 fully saturated rings. The van der Waals surface area contributed by atoms with Crippen molar-refractivity contribution in [3.63, 3.8) is 0 Å². The van der Waals surface area contributed by atoms with Crippen molar-refractivity contribution in [1.29, 1.82) is 0 Å². The van der Waals surface area contributed by atoms with Crippen LogP contribution in [0.3, 0.4) is 0 Å². The highest BCUT2D eigenvalue weighted by atomic mass is 14.1. The van der Waals surface area contributed by atoms with Crippen LogP contribution >= 0.6 is 0 Å². The minimum Gasteiger partial charge on any atom is -0.0622 e. The molecule has 0 aliphatic carbocycles. The monoisotopic (exact) mass is 320 g/mol. The Morgan fingerprint density at radius 2 is 0.960 bits per heavy atom. The van der Waals surface area contributed by atoms with Crippen LogP contribution in [0.25, 0.3) is 33.4 Å². The maximum absolute atomic E-state index is 2.28. The summed E-state index contributed by atoms with van der Waals surface area (Å²) in [5.74, 6) is 0. The second-order valence-corrected chi connectivity index (χ2v) is 6.31. The van der Waals surface area contributed by atoms with Gasteiger partial charge in [0.25, 0.3) is 0 Å². The van der Waals surface area contributed by atoms with E-state index in [1.54, 1.807) is 0 Å². The summed E-state index contributed by atoms with van der Waals surface area (Å²) >= 11 is 0. The van der Waals surface area contributed by atoms with E-state index in [9.17, 15) is 0 Å². The highest BCUT2D eigenvalue weighted by Gasteiger charge is 2.10. The van der Waals surface area contributed by atoms with Gasteiger partial charge in [0.1, 0.15) is 0 Å².